The van der Waals surface area contributed by atoms with Gasteiger partial charge in [-0.3, -0.25) is 0 Å². The van der Waals surface area contributed by atoms with E-state index in [1.54, 1.807) is 0 Å². The van der Waals surface area contributed by atoms with Crippen LogP contribution in [0.1, 0.15) is 19.8 Å². The van der Waals surface area contributed by atoms with Crippen LogP contribution in [-0.2, 0) is 0 Å². The van der Waals surface area contributed by atoms with Crippen molar-refractivity contribution in [1.29, 1.82) is 0 Å². The van der Waals surface area contributed by atoms with E-state index in [-0.39, 0.29) is 0 Å². The quantitative estimate of drug-likeness (QED) is 0.0898. The molecule has 0 atom stereocenters. The molecular formula is C70H56N2O. The zero-order valence-corrected chi connectivity index (χ0v) is 41.1. The van der Waals surface area contributed by atoms with E-state index in [1.807, 2.05) is 0 Å². The minimum absolute atomic E-state index is 0.689. The molecule has 0 unspecified atom stereocenters. The second kappa shape index (κ2) is 21.9. The first-order valence-electron chi connectivity index (χ1n) is 25.4. The lowest BCUT2D eigenvalue weighted by molar-refractivity contribution is 0.309. The summed E-state index contributed by atoms with van der Waals surface area (Å²) in [6.45, 7) is 2.88. The summed E-state index contributed by atoms with van der Waals surface area (Å²) in [6, 6.07) is 103. The zero-order valence-electron chi connectivity index (χ0n) is 41.1. The Labute approximate surface area is 430 Å². The van der Waals surface area contributed by atoms with Crippen molar-refractivity contribution < 1.29 is 4.74 Å². The van der Waals surface area contributed by atoms with E-state index in [4.69, 9.17) is 4.74 Å². The number of hydrogen-bond donors (Lipinski definition) is 0. The largest absolute Gasteiger partial charge is 0.494 e. The molecule has 0 aliphatic carbocycles. The summed E-state index contributed by atoms with van der Waals surface area (Å²) in [5, 5.41) is 0. The van der Waals surface area contributed by atoms with Crippen LogP contribution < -0.4 is 14.5 Å². The van der Waals surface area contributed by atoms with Crippen molar-refractivity contribution >= 4 is 34.1 Å². The minimum atomic E-state index is 0.689. The van der Waals surface area contributed by atoms with Gasteiger partial charge in [0.05, 0.1) is 18.0 Å². The number of unbranched alkanes of at least 4 members (excludes halogenated alkanes) is 1. The van der Waals surface area contributed by atoms with E-state index in [1.165, 1.54) is 22.3 Å². The summed E-state index contributed by atoms with van der Waals surface area (Å²) < 4.78 is 6.25. The highest BCUT2D eigenvalue weighted by molar-refractivity contribution is 5.99. The van der Waals surface area contributed by atoms with Crippen LogP contribution in [0.4, 0.5) is 34.1 Å². The molecule has 0 aliphatic heterocycles. The monoisotopic (exact) mass is 940 g/mol. The van der Waals surface area contributed by atoms with Crippen LogP contribution in [0.3, 0.4) is 0 Å². The van der Waals surface area contributed by atoms with Crippen molar-refractivity contribution in [2.75, 3.05) is 16.4 Å². The molecule has 0 spiro atoms. The predicted octanol–water partition coefficient (Wildman–Crippen LogP) is 19.8. The van der Waals surface area contributed by atoms with Crippen molar-refractivity contribution in [1.82, 2.24) is 0 Å². The zero-order chi connectivity index (χ0) is 49.2. The first-order valence-corrected chi connectivity index (χ1v) is 25.4. The second-order valence-electron chi connectivity index (χ2n) is 18.3. The Bertz CT molecular complexity index is 3330. The van der Waals surface area contributed by atoms with Gasteiger partial charge < -0.3 is 14.5 Å². The maximum absolute atomic E-state index is 6.25. The summed E-state index contributed by atoms with van der Waals surface area (Å²) in [5.74, 6) is 0.868. The lowest BCUT2D eigenvalue weighted by Gasteiger charge is -2.33. The average Bonchev–Trinajstić information content (AvgIpc) is 3.47. The van der Waals surface area contributed by atoms with Gasteiger partial charge in [0, 0.05) is 33.9 Å². The molecule has 0 saturated heterocycles. The molecular weight excluding hydrogens is 885 g/mol. The van der Waals surface area contributed by atoms with Gasteiger partial charge >= 0.3 is 0 Å². The highest BCUT2D eigenvalue weighted by Crippen LogP contribution is 2.50. The Kier molecular flexibility index (Phi) is 13.8. The van der Waals surface area contributed by atoms with Crippen molar-refractivity contribution in [2.24, 2.45) is 0 Å². The number of hydrogen-bond acceptors (Lipinski definition) is 3. The Balaban J connectivity index is 1.17. The lowest BCUT2D eigenvalue weighted by Crippen LogP contribution is -2.15. The fraction of sp³-hybridized carbons (Fsp3) is 0.0571. The molecule has 0 fully saturated rings. The van der Waals surface area contributed by atoms with Crippen molar-refractivity contribution in [3.05, 3.63) is 285 Å². The van der Waals surface area contributed by atoms with E-state index in [9.17, 15) is 0 Å². The SMILES string of the molecule is CCCCOc1ccc(-c2cc(-c3ccccc3)c(N(c3ccc(-c4ccccc4)cc3)c3ccc(-c4ccccc4)cc3)cc2N(c2ccc(-c3ccccc3)cc2)c2ccc(-c3ccccc3)cc2)cc1. The van der Waals surface area contributed by atoms with Crippen LogP contribution in [0, 0.1) is 0 Å². The number of anilines is 6. The van der Waals surface area contributed by atoms with Gasteiger partial charge in [-0.15, -0.1) is 0 Å². The number of nitrogens with zero attached hydrogens (tertiary/aromatic N) is 2. The van der Waals surface area contributed by atoms with E-state index in [2.05, 4.69) is 302 Å². The summed E-state index contributed by atoms with van der Waals surface area (Å²) in [4.78, 5) is 4.86. The minimum Gasteiger partial charge on any atom is -0.494 e. The van der Waals surface area contributed by atoms with Gasteiger partial charge in [0.1, 0.15) is 5.75 Å². The Morgan fingerprint density at radius 1 is 0.274 bits per heavy atom. The van der Waals surface area contributed by atoms with E-state index in [0.29, 0.717) is 6.61 Å². The fourth-order valence-corrected chi connectivity index (χ4v) is 9.68. The third-order valence-electron chi connectivity index (χ3n) is 13.5. The third kappa shape index (κ3) is 10.4. The lowest BCUT2D eigenvalue weighted by atomic mass is 9.93. The Morgan fingerprint density at radius 2 is 0.534 bits per heavy atom. The van der Waals surface area contributed by atoms with Crippen LogP contribution in [0.2, 0.25) is 0 Å². The van der Waals surface area contributed by atoms with Crippen LogP contribution in [0.5, 0.6) is 5.75 Å². The molecule has 0 amide bonds. The summed E-state index contributed by atoms with van der Waals surface area (Å²) >= 11 is 0. The highest BCUT2D eigenvalue weighted by Gasteiger charge is 2.25. The molecule has 11 aromatic carbocycles. The standard InChI is InChI=1S/C70H56N2O/c1-2-3-49-73-66-47-37-61(38-48-66)68-50-67(60-27-17-8-18-28-60)69(71(62-39-29-56(30-40-62)52-19-9-4-10-20-52)63-41-31-57(32-42-63)53-21-11-5-12-22-53)51-70(68)72(64-43-33-58(34-44-64)54-23-13-6-14-24-54)65-45-35-59(36-46-65)55-25-15-7-16-26-55/h4-48,50-51H,2-3,49H2,1H3. The van der Waals surface area contributed by atoms with Gasteiger partial charge in [0.2, 0.25) is 0 Å². The molecule has 0 radical (unpaired) electrons. The Morgan fingerprint density at radius 3 is 0.836 bits per heavy atom. The van der Waals surface area contributed by atoms with Gasteiger partial charge in [0.25, 0.3) is 0 Å². The first kappa shape index (κ1) is 46.2. The molecule has 3 nitrogen and oxygen atoms in total. The van der Waals surface area contributed by atoms with Crippen LogP contribution >= 0.6 is 0 Å². The summed E-state index contributed by atoms with van der Waals surface area (Å²) in [7, 11) is 0. The summed E-state index contributed by atoms with van der Waals surface area (Å²) in [5.41, 5.74) is 20.0. The number of ether oxygens (including phenoxy) is 1. The van der Waals surface area contributed by atoms with Crippen molar-refractivity contribution in [2.45, 2.75) is 19.8 Å². The van der Waals surface area contributed by atoms with Crippen molar-refractivity contribution in [3.63, 3.8) is 0 Å². The smallest absolute Gasteiger partial charge is 0.119 e. The molecule has 0 aliphatic rings. The second-order valence-corrected chi connectivity index (χ2v) is 18.3. The van der Waals surface area contributed by atoms with Crippen LogP contribution in [0.15, 0.2) is 285 Å². The van der Waals surface area contributed by atoms with E-state index in [0.717, 1.165) is 97.2 Å². The number of rotatable bonds is 16. The molecule has 352 valence electrons. The summed E-state index contributed by atoms with van der Waals surface area (Å²) in [6.07, 6.45) is 2.09. The van der Waals surface area contributed by atoms with E-state index >= 15 is 0 Å². The molecule has 0 bridgehead atoms. The highest BCUT2D eigenvalue weighted by atomic mass is 16.5. The molecule has 11 aromatic rings. The predicted molar refractivity (Wildman–Crippen MR) is 309 cm³/mol. The fourth-order valence-electron chi connectivity index (χ4n) is 9.68. The Hall–Kier alpha value is -9.18. The van der Waals surface area contributed by atoms with Gasteiger partial charge in [-0.25, -0.2) is 0 Å². The van der Waals surface area contributed by atoms with Crippen LogP contribution in [-0.4, -0.2) is 6.61 Å². The topological polar surface area (TPSA) is 15.7 Å². The van der Waals surface area contributed by atoms with Crippen LogP contribution in [0.25, 0.3) is 66.8 Å². The molecule has 0 N–H and O–H groups in total. The molecule has 11 rings (SSSR count). The first-order chi connectivity index (χ1) is 36.2. The molecule has 0 saturated carbocycles. The normalized spacial score (nSPS) is 11.0. The average molecular weight is 941 g/mol. The molecule has 0 aromatic heterocycles. The maximum Gasteiger partial charge on any atom is 0.119 e. The van der Waals surface area contributed by atoms with Gasteiger partial charge in [-0.2, -0.15) is 0 Å². The van der Waals surface area contributed by atoms with Gasteiger partial charge in [0.15, 0.2) is 0 Å². The third-order valence-corrected chi connectivity index (χ3v) is 13.5. The number of benzene rings is 11. The van der Waals surface area contributed by atoms with Gasteiger partial charge in [-0.1, -0.05) is 226 Å². The maximum atomic E-state index is 6.25. The van der Waals surface area contributed by atoms with E-state index < -0.39 is 0 Å². The molecule has 73 heavy (non-hydrogen) atoms. The van der Waals surface area contributed by atoms with Crippen molar-refractivity contribution in [3.8, 4) is 72.5 Å². The molecule has 3 heteroatoms. The van der Waals surface area contributed by atoms with Gasteiger partial charge in [-0.05, 0) is 135 Å². The molecule has 0 heterocycles.